The molecule has 3 rings (SSSR count). The van der Waals surface area contributed by atoms with E-state index in [9.17, 15) is 0 Å². The number of hydrogen-bond acceptors (Lipinski definition) is 4. The lowest BCUT2D eigenvalue weighted by Crippen LogP contribution is -2.46. The first kappa shape index (κ1) is 19.9. The SMILES string of the molecule is CN=C(NCC(c1cccs1)N1CCOCC1)N(C)Cc1ccccc1C. The average molecular weight is 387 g/mol. The van der Waals surface area contributed by atoms with Crippen LogP contribution in [0.5, 0.6) is 0 Å². The second-order valence-electron chi connectivity index (χ2n) is 6.89. The third-order valence-electron chi connectivity index (χ3n) is 5.05. The highest BCUT2D eigenvalue weighted by atomic mass is 32.1. The van der Waals surface area contributed by atoms with Crippen LogP contribution >= 0.6 is 11.3 Å². The molecule has 1 aromatic carbocycles. The summed E-state index contributed by atoms with van der Waals surface area (Å²) in [4.78, 5) is 10.6. The predicted molar refractivity (Wildman–Crippen MR) is 113 cm³/mol. The van der Waals surface area contributed by atoms with Gasteiger partial charge in [0.2, 0.25) is 0 Å². The number of guanidine groups is 1. The molecule has 2 aromatic rings. The van der Waals surface area contributed by atoms with Crippen molar-refractivity contribution >= 4 is 17.3 Å². The number of rotatable bonds is 6. The number of morpholine rings is 1. The van der Waals surface area contributed by atoms with Gasteiger partial charge in [-0.15, -0.1) is 11.3 Å². The third kappa shape index (κ3) is 5.31. The molecule has 1 aromatic heterocycles. The smallest absolute Gasteiger partial charge is 0.193 e. The number of nitrogens with zero attached hydrogens (tertiary/aromatic N) is 3. The minimum atomic E-state index is 0.345. The third-order valence-corrected chi connectivity index (χ3v) is 6.03. The van der Waals surface area contributed by atoms with Gasteiger partial charge in [0.15, 0.2) is 5.96 Å². The Labute approximate surface area is 166 Å². The van der Waals surface area contributed by atoms with Crippen LogP contribution in [0.25, 0.3) is 0 Å². The number of hydrogen-bond donors (Lipinski definition) is 1. The van der Waals surface area contributed by atoms with E-state index < -0.39 is 0 Å². The summed E-state index contributed by atoms with van der Waals surface area (Å²) in [6.07, 6.45) is 0. The maximum atomic E-state index is 5.54. The fraction of sp³-hybridized carbons (Fsp3) is 0.476. The van der Waals surface area contributed by atoms with E-state index in [1.54, 1.807) is 0 Å². The summed E-state index contributed by atoms with van der Waals surface area (Å²) in [5.41, 5.74) is 2.63. The summed E-state index contributed by atoms with van der Waals surface area (Å²) < 4.78 is 5.54. The lowest BCUT2D eigenvalue weighted by molar-refractivity contribution is 0.0176. The fourth-order valence-electron chi connectivity index (χ4n) is 3.47. The van der Waals surface area contributed by atoms with Crippen LogP contribution in [0, 0.1) is 6.92 Å². The molecule has 5 nitrogen and oxygen atoms in total. The largest absolute Gasteiger partial charge is 0.379 e. The van der Waals surface area contributed by atoms with Crippen molar-refractivity contribution in [3.63, 3.8) is 0 Å². The summed E-state index contributed by atoms with van der Waals surface area (Å²) in [6.45, 7) is 7.40. The molecule has 1 aliphatic rings. The van der Waals surface area contributed by atoms with Gasteiger partial charge in [-0.1, -0.05) is 30.3 Å². The highest BCUT2D eigenvalue weighted by Crippen LogP contribution is 2.25. The molecule has 0 radical (unpaired) electrons. The van der Waals surface area contributed by atoms with Crippen LogP contribution in [-0.2, 0) is 11.3 Å². The maximum Gasteiger partial charge on any atom is 0.193 e. The number of aryl methyl sites for hydroxylation is 1. The molecule has 1 saturated heterocycles. The summed E-state index contributed by atoms with van der Waals surface area (Å²) in [6, 6.07) is 13.2. The minimum Gasteiger partial charge on any atom is -0.379 e. The molecule has 0 bridgehead atoms. The second-order valence-corrected chi connectivity index (χ2v) is 7.87. The van der Waals surface area contributed by atoms with Crippen molar-refractivity contribution < 1.29 is 4.74 Å². The number of ether oxygens (including phenoxy) is 1. The zero-order chi connectivity index (χ0) is 19.1. The van der Waals surface area contributed by atoms with Gasteiger partial charge >= 0.3 is 0 Å². The molecule has 27 heavy (non-hydrogen) atoms. The molecular formula is C21H30N4OS. The molecule has 6 heteroatoms. The quantitative estimate of drug-likeness (QED) is 0.612. The molecule has 1 unspecified atom stereocenters. The van der Waals surface area contributed by atoms with Crippen molar-refractivity contribution in [3.8, 4) is 0 Å². The Morgan fingerprint density at radius 3 is 2.70 bits per heavy atom. The zero-order valence-electron chi connectivity index (χ0n) is 16.5. The van der Waals surface area contributed by atoms with Gasteiger partial charge in [-0.3, -0.25) is 9.89 Å². The zero-order valence-corrected chi connectivity index (χ0v) is 17.3. The van der Waals surface area contributed by atoms with E-state index in [1.807, 2.05) is 18.4 Å². The van der Waals surface area contributed by atoms with E-state index in [0.717, 1.165) is 45.4 Å². The van der Waals surface area contributed by atoms with Crippen LogP contribution in [0.3, 0.4) is 0 Å². The van der Waals surface area contributed by atoms with Crippen LogP contribution in [0.2, 0.25) is 0 Å². The highest BCUT2D eigenvalue weighted by Gasteiger charge is 2.24. The lowest BCUT2D eigenvalue weighted by atomic mass is 10.1. The van der Waals surface area contributed by atoms with Gasteiger partial charge in [0.1, 0.15) is 0 Å². The van der Waals surface area contributed by atoms with Gasteiger partial charge < -0.3 is 15.0 Å². The van der Waals surface area contributed by atoms with E-state index in [2.05, 4.69) is 75.9 Å². The van der Waals surface area contributed by atoms with Crippen LogP contribution in [-0.4, -0.2) is 62.7 Å². The minimum absolute atomic E-state index is 0.345. The topological polar surface area (TPSA) is 40.1 Å². The molecular weight excluding hydrogens is 356 g/mol. The molecule has 146 valence electrons. The number of benzene rings is 1. The van der Waals surface area contributed by atoms with Crippen molar-refractivity contribution in [3.05, 3.63) is 57.8 Å². The van der Waals surface area contributed by atoms with Gasteiger partial charge in [-0.2, -0.15) is 0 Å². The predicted octanol–water partition coefficient (Wildman–Crippen LogP) is 3.14. The molecule has 1 fully saturated rings. The van der Waals surface area contributed by atoms with Crippen molar-refractivity contribution in [2.45, 2.75) is 19.5 Å². The molecule has 2 heterocycles. The second kappa shape index (κ2) is 9.88. The molecule has 0 spiro atoms. The molecule has 1 atom stereocenters. The van der Waals surface area contributed by atoms with Gasteiger partial charge in [0.25, 0.3) is 0 Å². The van der Waals surface area contributed by atoms with Gasteiger partial charge in [0.05, 0.1) is 19.3 Å². The number of thiophene rings is 1. The molecule has 0 amide bonds. The van der Waals surface area contributed by atoms with E-state index in [-0.39, 0.29) is 0 Å². The summed E-state index contributed by atoms with van der Waals surface area (Å²) in [7, 11) is 3.95. The fourth-order valence-corrected chi connectivity index (χ4v) is 4.33. The molecule has 0 aliphatic carbocycles. The Balaban J connectivity index is 1.64. The van der Waals surface area contributed by atoms with E-state index in [1.165, 1.54) is 16.0 Å². The monoisotopic (exact) mass is 386 g/mol. The Morgan fingerprint density at radius 2 is 2.04 bits per heavy atom. The Bertz CT molecular complexity index is 726. The van der Waals surface area contributed by atoms with Crippen LogP contribution in [0.4, 0.5) is 0 Å². The molecule has 0 saturated carbocycles. The Kier molecular flexibility index (Phi) is 7.26. The Morgan fingerprint density at radius 1 is 1.26 bits per heavy atom. The normalized spacial score (nSPS) is 16.9. The van der Waals surface area contributed by atoms with E-state index in [0.29, 0.717) is 6.04 Å². The van der Waals surface area contributed by atoms with Crippen molar-refractivity contribution in [1.29, 1.82) is 0 Å². The first-order valence-electron chi connectivity index (χ1n) is 9.50. The molecule has 1 N–H and O–H groups in total. The standard InChI is InChI=1S/C21H30N4OS/c1-17-7-4-5-8-18(17)16-24(3)21(22-2)23-15-19(20-9-6-14-27-20)25-10-12-26-13-11-25/h4-9,14,19H,10-13,15-16H2,1-3H3,(H,22,23). The van der Waals surface area contributed by atoms with Gasteiger partial charge in [-0.05, 0) is 29.5 Å². The summed E-state index contributed by atoms with van der Waals surface area (Å²) in [5, 5.41) is 5.75. The van der Waals surface area contributed by atoms with Crippen LogP contribution < -0.4 is 5.32 Å². The number of aliphatic imine (C=N–C) groups is 1. The van der Waals surface area contributed by atoms with Crippen molar-refractivity contribution in [2.24, 2.45) is 4.99 Å². The van der Waals surface area contributed by atoms with Crippen LogP contribution in [0.15, 0.2) is 46.8 Å². The van der Waals surface area contributed by atoms with Crippen molar-refractivity contribution in [1.82, 2.24) is 15.1 Å². The summed E-state index contributed by atoms with van der Waals surface area (Å²) >= 11 is 1.82. The highest BCUT2D eigenvalue weighted by molar-refractivity contribution is 7.10. The van der Waals surface area contributed by atoms with Crippen LogP contribution in [0.1, 0.15) is 22.0 Å². The van der Waals surface area contributed by atoms with E-state index >= 15 is 0 Å². The summed E-state index contributed by atoms with van der Waals surface area (Å²) in [5.74, 6) is 0.924. The lowest BCUT2D eigenvalue weighted by Gasteiger charge is -2.35. The first-order chi connectivity index (χ1) is 13.2. The first-order valence-corrected chi connectivity index (χ1v) is 10.4. The average Bonchev–Trinajstić information content (AvgIpc) is 3.22. The maximum absolute atomic E-state index is 5.54. The van der Waals surface area contributed by atoms with Gasteiger partial charge in [0, 0.05) is 45.2 Å². The van der Waals surface area contributed by atoms with Crippen molar-refractivity contribution in [2.75, 3.05) is 46.9 Å². The Hall–Kier alpha value is -1.89. The molecule has 1 aliphatic heterocycles. The van der Waals surface area contributed by atoms with E-state index in [4.69, 9.17) is 4.74 Å². The van der Waals surface area contributed by atoms with Gasteiger partial charge in [-0.25, -0.2) is 0 Å². The number of nitrogens with one attached hydrogen (secondary N) is 1.